The van der Waals surface area contributed by atoms with Crippen LogP contribution in [0.2, 0.25) is 0 Å². The summed E-state index contributed by atoms with van der Waals surface area (Å²) in [5, 5.41) is 4.19. The number of pyridine rings is 1. The van der Waals surface area contributed by atoms with Crippen molar-refractivity contribution in [3.63, 3.8) is 0 Å². The Kier molecular flexibility index (Phi) is 4.39. The Morgan fingerprint density at radius 1 is 1.30 bits per heavy atom. The maximum absolute atomic E-state index is 5.78. The van der Waals surface area contributed by atoms with E-state index in [1.807, 2.05) is 31.2 Å². The van der Waals surface area contributed by atoms with E-state index >= 15 is 0 Å². The van der Waals surface area contributed by atoms with Crippen molar-refractivity contribution in [2.24, 2.45) is 12.8 Å². The molecule has 20 heavy (non-hydrogen) atoms. The van der Waals surface area contributed by atoms with Gasteiger partial charge in [0, 0.05) is 44.6 Å². The van der Waals surface area contributed by atoms with Crippen molar-refractivity contribution in [3.05, 3.63) is 41.3 Å². The van der Waals surface area contributed by atoms with Crippen LogP contribution in [-0.4, -0.2) is 21.8 Å². The Morgan fingerprint density at radius 2 is 2.05 bits per heavy atom. The Morgan fingerprint density at radius 3 is 2.60 bits per heavy atom. The quantitative estimate of drug-likeness (QED) is 0.905. The Bertz CT molecular complexity index is 573. The molecular weight excluding hydrogens is 250 g/mol. The lowest BCUT2D eigenvalue weighted by Gasteiger charge is -2.20. The molecule has 0 aromatic carbocycles. The van der Waals surface area contributed by atoms with Gasteiger partial charge in [0.1, 0.15) is 5.82 Å². The zero-order chi connectivity index (χ0) is 14.7. The lowest BCUT2D eigenvalue weighted by atomic mass is 10.1. The number of anilines is 1. The van der Waals surface area contributed by atoms with Gasteiger partial charge < -0.3 is 10.6 Å². The molecule has 0 saturated heterocycles. The van der Waals surface area contributed by atoms with Crippen LogP contribution in [0, 0.1) is 0 Å². The Hall–Kier alpha value is -1.88. The third-order valence-corrected chi connectivity index (χ3v) is 3.29. The molecule has 0 aliphatic rings. The molecule has 2 aromatic rings. The molecule has 2 rings (SSSR count). The Labute approximate surface area is 120 Å². The first kappa shape index (κ1) is 14.5. The molecule has 5 nitrogen and oxygen atoms in total. The molecule has 2 aromatic heterocycles. The number of aromatic nitrogens is 3. The molecule has 0 saturated carbocycles. The molecule has 5 heteroatoms. The third kappa shape index (κ3) is 3.36. The van der Waals surface area contributed by atoms with E-state index < -0.39 is 0 Å². The van der Waals surface area contributed by atoms with E-state index in [4.69, 9.17) is 10.7 Å². The molecule has 2 heterocycles. The van der Waals surface area contributed by atoms with Gasteiger partial charge >= 0.3 is 0 Å². The predicted molar refractivity (Wildman–Crippen MR) is 81.5 cm³/mol. The number of hydrogen-bond donors (Lipinski definition) is 1. The number of nitrogens with two attached hydrogens (primary N) is 1. The van der Waals surface area contributed by atoms with E-state index in [1.54, 1.807) is 0 Å². The summed E-state index contributed by atoms with van der Waals surface area (Å²) < 4.78 is 1.81. The first-order chi connectivity index (χ1) is 9.49. The number of nitrogens with zero attached hydrogens (tertiary/aromatic N) is 4. The van der Waals surface area contributed by atoms with Crippen LogP contribution in [0.5, 0.6) is 0 Å². The summed E-state index contributed by atoms with van der Waals surface area (Å²) in [7, 11) is 3.97. The maximum Gasteiger partial charge on any atom is 0.129 e. The number of hydrogen-bond acceptors (Lipinski definition) is 4. The molecular formula is C15H23N5. The standard InChI is InChI=1S/C15H23N5/c1-11(2)14-5-12(7-16)6-15(18-14)19(3)9-13-8-17-20(4)10-13/h5-6,8,10-11H,7,9,16H2,1-4H3. The summed E-state index contributed by atoms with van der Waals surface area (Å²) in [5.74, 6) is 1.35. The van der Waals surface area contributed by atoms with E-state index in [0.29, 0.717) is 12.5 Å². The van der Waals surface area contributed by atoms with Crippen LogP contribution >= 0.6 is 0 Å². The number of aryl methyl sites for hydroxylation is 1. The molecule has 2 N–H and O–H groups in total. The molecule has 0 amide bonds. The second-order valence-electron chi connectivity index (χ2n) is 5.50. The van der Waals surface area contributed by atoms with Crippen LogP contribution in [0.25, 0.3) is 0 Å². The van der Waals surface area contributed by atoms with Gasteiger partial charge in [0.25, 0.3) is 0 Å². The summed E-state index contributed by atoms with van der Waals surface area (Å²) in [6, 6.07) is 4.15. The van der Waals surface area contributed by atoms with Gasteiger partial charge in [-0.05, 0) is 23.6 Å². The summed E-state index contributed by atoms with van der Waals surface area (Å²) in [6.45, 7) is 5.61. The van der Waals surface area contributed by atoms with Crippen LogP contribution in [0.4, 0.5) is 5.82 Å². The van der Waals surface area contributed by atoms with Crippen LogP contribution in [-0.2, 0) is 20.1 Å². The molecule has 0 unspecified atom stereocenters. The van der Waals surface area contributed by atoms with Crippen LogP contribution < -0.4 is 10.6 Å². The van der Waals surface area contributed by atoms with Gasteiger partial charge in [-0.3, -0.25) is 4.68 Å². The van der Waals surface area contributed by atoms with Crippen molar-refractivity contribution in [2.75, 3.05) is 11.9 Å². The molecule has 0 fully saturated rings. The maximum atomic E-state index is 5.78. The average Bonchev–Trinajstić information content (AvgIpc) is 2.83. The fraction of sp³-hybridized carbons (Fsp3) is 0.467. The molecule has 0 aliphatic carbocycles. The van der Waals surface area contributed by atoms with Crippen LogP contribution in [0.1, 0.15) is 36.6 Å². The first-order valence-electron chi connectivity index (χ1n) is 6.89. The van der Waals surface area contributed by atoms with E-state index in [2.05, 4.69) is 36.0 Å². The van der Waals surface area contributed by atoms with Gasteiger partial charge in [0.15, 0.2) is 0 Å². The summed E-state index contributed by atoms with van der Waals surface area (Å²) in [6.07, 6.45) is 3.90. The normalized spacial score (nSPS) is 11.1. The summed E-state index contributed by atoms with van der Waals surface area (Å²) >= 11 is 0. The minimum Gasteiger partial charge on any atom is -0.355 e. The monoisotopic (exact) mass is 273 g/mol. The highest BCUT2D eigenvalue weighted by Gasteiger charge is 2.10. The van der Waals surface area contributed by atoms with Gasteiger partial charge in [-0.15, -0.1) is 0 Å². The third-order valence-electron chi connectivity index (χ3n) is 3.29. The minimum atomic E-state index is 0.395. The molecule has 0 atom stereocenters. The van der Waals surface area contributed by atoms with Crippen molar-refractivity contribution in [1.82, 2.24) is 14.8 Å². The van der Waals surface area contributed by atoms with Gasteiger partial charge in [0.2, 0.25) is 0 Å². The highest BCUT2D eigenvalue weighted by Crippen LogP contribution is 2.20. The second-order valence-corrected chi connectivity index (χ2v) is 5.50. The fourth-order valence-electron chi connectivity index (χ4n) is 2.11. The van der Waals surface area contributed by atoms with E-state index in [9.17, 15) is 0 Å². The van der Waals surface area contributed by atoms with Crippen molar-refractivity contribution in [3.8, 4) is 0 Å². The van der Waals surface area contributed by atoms with Crippen LogP contribution in [0.15, 0.2) is 24.5 Å². The zero-order valence-electron chi connectivity index (χ0n) is 12.7. The van der Waals surface area contributed by atoms with Crippen molar-refractivity contribution < 1.29 is 0 Å². The largest absolute Gasteiger partial charge is 0.355 e. The van der Waals surface area contributed by atoms with Crippen LogP contribution in [0.3, 0.4) is 0 Å². The summed E-state index contributed by atoms with van der Waals surface area (Å²) in [4.78, 5) is 6.85. The highest BCUT2D eigenvalue weighted by atomic mass is 15.2. The van der Waals surface area contributed by atoms with Crippen molar-refractivity contribution in [2.45, 2.75) is 32.9 Å². The lowest BCUT2D eigenvalue weighted by Crippen LogP contribution is -2.19. The molecule has 0 bridgehead atoms. The topological polar surface area (TPSA) is 60.0 Å². The molecule has 0 radical (unpaired) electrons. The molecule has 108 valence electrons. The lowest BCUT2D eigenvalue weighted by molar-refractivity contribution is 0.766. The fourth-order valence-corrected chi connectivity index (χ4v) is 2.11. The smallest absolute Gasteiger partial charge is 0.129 e. The van der Waals surface area contributed by atoms with Gasteiger partial charge in [-0.1, -0.05) is 13.8 Å². The average molecular weight is 273 g/mol. The van der Waals surface area contributed by atoms with E-state index in [1.165, 1.54) is 5.56 Å². The molecule has 0 aliphatic heterocycles. The van der Waals surface area contributed by atoms with Gasteiger partial charge in [-0.25, -0.2) is 4.98 Å². The van der Waals surface area contributed by atoms with Crippen molar-refractivity contribution in [1.29, 1.82) is 0 Å². The highest BCUT2D eigenvalue weighted by molar-refractivity contribution is 5.43. The van der Waals surface area contributed by atoms with Gasteiger partial charge in [0.05, 0.1) is 6.20 Å². The second kappa shape index (κ2) is 6.05. The summed E-state index contributed by atoms with van der Waals surface area (Å²) in [5.41, 5.74) is 9.16. The minimum absolute atomic E-state index is 0.395. The van der Waals surface area contributed by atoms with Crippen molar-refractivity contribution >= 4 is 5.82 Å². The van der Waals surface area contributed by atoms with E-state index in [0.717, 1.165) is 23.6 Å². The SMILES string of the molecule is CC(C)c1cc(CN)cc(N(C)Cc2cnn(C)c2)n1. The number of rotatable bonds is 5. The Balaban J connectivity index is 2.24. The van der Waals surface area contributed by atoms with E-state index in [-0.39, 0.29) is 0 Å². The predicted octanol–water partition coefficient (Wildman–Crippen LogP) is 2.03. The van der Waals surface area contributed by atoms with Gasteiger partial charge in [-0.2, -0.15) is 5.10 Å². The zero-order valence-corrected chi connectivity index (χ0v) is 12.7. The first-order valence-corrected chi connectivity index (χ1v) is 6.89. The molecule has 0 spiro atoms.